The number of halogens is 1. The zero-order valence-corrected chi connectivity index (χ0v) is 11.0. The molecule has 1 N–H and O–H groups in total. The van der Waals surface area contributed by atoms with Crippen molar-refractivity contribution in [2.24, 2.45) is 0 Å². The summed E-state index contributed by atoms with van der Waals surface area (Å²) in [5.74, 6) is 0.0822. The molecule has 2 rings (SSSR count). The molecule has 0 spiro atoms. The molecule has 86 valence electrons. The largest absolute Gasteiger partial charge is 0.356 e. The van der Waals surface area contributed by atoms with Gasteiger partial charge < -0.3 is 10.2 Å². The smallest absolute Gasteiger partial charge is 0.245 e. The highest BCUT2D eigenvalue weighted by atomic mass is 79.9. The van der Waals surface area contributed by atoms with Crippen molar-refractivity contribution in [2.75, 3.05) is 18.0 Å². The molecular weight excluding hydrogens is 268 g/mol. The molecule has 3 nitrogen and oxygen atoms in total. The number of hydrogen-bond donors (Lipinski definition) is 1. The number of benzene rings is 1. The normalized spacial score (nSPS) is 19.4. The Morgan fingerprint density at radius 1 is 1.44 bits per heavy atom. The molecular formula is C12H15BrN2O. The summed E-state index contributed by atoms with van der Waals surface area (Å²) in [6, 6.07) is 8.05. The molecule has 1 saturated heterocycles. The van der Waals surface area contributed by atoms with Crippen LogP contribution in [-0.4, -0.2) is 24.5 Å². The third-order valence-corrected chi connectivity index (χ3v) is 3.46. The Morgan fingerprint density at radius 3 is 2.88 bits per heavy atom. The number of carbonyl (C=O) groups excluding carboxylic acids is 1. The maximum Gasteiger partial charge on any atom is 0.245 e. The molecule has 0 aliphatic carbocycles. The van der Waals surface area contributed by atoms with E-state index in [9.17, 15) is 4.79 Å². The number of amides is 1. The Kier molecular flexibility index (Phi) is 2.93. The number of piperazine rings is 1. The van der Waals surface area contributed by atoms with Gasteiger partial charge in [-0.25, -0.2) is 0 Å². The molecule has 1 aliphatic rings. The highest BCUT2D eigenvalue weighted by molar-refractivity contribution is 9.10. The minimum atomic E-state index is -0.487. The van der Waals surface area contributed by atoms with Crippen molar-refractivity contribution >= 4 is 27.5 Å². The van der Waals surface area contributed by atoms with E-state index in [0.29, 0.717) is 6.54 Å². The summed E-state index contributed by atoms with van der Waals surface area (Å²) >= 11 is 3.45. The molecule has 1 aliphatic heterocycles. The Hall–Kier alpha value is -1.03. The second-order valence-electron chi connectivity index (χ2n) is 4.45. The molecule has 1 heterocycles. The van der Waals surface area contributed by atoms with Crippen LogP contribution in [0.3, 0.4) is 0 Å². The highest BCUT2D eigenvalue weighted by Gasteiger charge is 2.37. The van der Waals surface area contributed by atoms with Crippen LogP contribution in [0.1, 0.15) is 13.8 Å². The molecule has 0 bridgehead atoms. The first-order valence-corrected chi connectivity index (χ1v) is 6.12. The topological polar surface area (TPSA) is 32.3 Å². The number of carbonyl (C=O) groups is 1. The summed E-state index contributed by atoms with van der Waals surface area (Å²) in [7, 11) is 0. The van der Waals surface area contributed by atoms with Crippen molar-refractivity contribution < 1.29 is 4.79 Å². The molecule has 0 atom stereocenters. The van der Waals surface area contributed by atoms with Gasteiger partial charge in [0, 0.05) is 23.2 Å². The third kappa shape index (κ3) is 1.94. The Bertz CT molecular complexity index is 417. The average molecular weight is 283 g/mol. The van der Waals surface area contributed by atoms with Gasteiger partial charge in [-0.15, -0.1) is 0 Å². The minimum Gasteiger partial charge on any atom is -0.356 e. The molecule has 4 heteroatoms. The van der Waals surface area contributed by atoms with E-state index in [2.05, 4.69) is 26.1 Å². The van der Waals surface area contributed by atoms with Crippen LogP contribution >= 0.6 is 15.9 Å². The lowest BCUT2D eigenvalue weighted by Gasteiger charge is -2.42. The zero-order valence-electron chi connectivity index (χ0n) is 9.46. The van der Waals surface area contributed by atoms with E-state index in [-0.39, 0.29) is 5.91 Å². The summed E-state index contributed by atoms with van der Waals surface area (Å²) in [6.07, 6.45) is 0. The van der Waals surface area contributed by atoms with E-state index in [1.807, 2.05) is 38.1 Å². The third-order valence-electron chi connectivity index (χ3n) is 2.97. The minimum absolute atomic E-state index is 0.0822. The Balaban J connectivity index is 2.36. The number of nitrogens with one attached hydrogen (secondary N) is 1. The first-order chi connectivity index (χ1) is 7.51. The van der Waals surface area contributed by atoms with Crippen molar-refractivity contribution in [1.29, 1.82) is 0 Å². The Labute approximate surface area is 104 Å². The molecule has 1 aromatic carbocycles. The fourth-order valence-electron chi connectivity index (χ4n) is 2.00. The van der Waals surface area contributed by atoms with Crippen LogP contribution in [0, 0.1) is 0 Å². The molecule has 0 saturated carbocycles. The molecule has 1 amide bonds. The van der Waals surface area contributed by atoms with Crippen LogP contribution in [0.5, 0.6) is 0 Å². The van der Waals surface area contributed by atoms with Gasteiger partial charge in [0.25, 0.3) is 0 Å². The van der Waals surface area contributed by atoms with Crippen LogP contribution in [0.25, 0.3) is 0 Å². The fraction of sp³-hybridized carbons (Fsp3) is 0.417. The standard InChI is InChI=1S/C12H15BrN2O/c1-12(2)11(16)14-6-7-15(12)10-5-3-4-9(13)8-10/h3-5,8H,6-7H2,1-2H3,(H,14,16). The van der Waals surface area contributed by atoms with Crippen molar-refractivity contribution in [3.8, 4) is 0 Å². The highest BCUT2D eigenvalue weighted by Crippen LogP contribution is 2.28. The quantitative estimate of drug-likeness (QED) is 0.856. The van der Waals surface area contributed by atoms with Gasteiger partial charge in [0.2, 0.25) is 5.91 Å². The average Bonchev–Trinajstić information content (AvgIpc) is 2.22. The van der Waals surface area contributed by atoms with Gasteiger partial charge in [0.1, 0.15) is 5.54 Å². The first kappa shape index (κ1) is 11.5. The lowest BCUT2D eigenvalue weighted by molar-refractivity contribution is -0.126. The predicted octanol–water partition coefficient (Wildman–Crippen LogP) is 2.16. The van der Waals surface area contributed by atoms with Gasteiger partial charge >= 0.3 is 0 Å². The van der Waals surface area contributed by atoms with E-state index in [1.165, 1.54) is 0 Å². The van der Waals surface area contributed by atoms with Crippen molar-refractivity contribution in [2.45, 2.75) is 19.4 Å². The van der Waals surface area contributed by atoms with Gasteiger partial charge in [0.15, 0.2) is 0 Å². The second-order valence-corrected chi connectivity index (χ2v) is 5.36. The lowest BCUT2D eigenvalue weighted by Crippen LogP contribution is -2.62. The molecule has 1 fully saturated rings. The maximum atomic E-state index is 11.8. The SMILES string of the molecule is CC1(C)C(=O)NCCN1c1cccc(Br)c1. The fourth-order valence-corrected chi connectivity index (χ4v) is 2.38. The van der Waals surface area contributed by atoms with Crippen molar-refractivity contribution in [3.05, 3.63) is 28.7 Å². The van der Waals surface area contributed by atoms with Crippen LogP contribution in [-0.2, 0) is 4.79 Å². The van der Waals surface area contributed by atoms with Crippen molar-refractivity contribution in [1.82, 2.24) is 5.32 Å². The van der Waals surface area contributed by atoms with Crippen LogP contribution in [0.2, 0.25) is 0 Å². The molecule has 0 radical (unpaired) electrons. The summed E-state index contributed by atoms with van der Waals surface area (Å²) in [5.41, 5.74) is 0.591. The zero-order chi connectivity index (χ0) is 11.8. The molecule has 16 heavy (non-hydrogen) atoms. The summed E-state index contributed by atoms with van der Waals surface area (Å²) in [6.45, 7) is 5.44. The van der Waals surface area contributed by atoms with Gasteiger partial charge in [0.05, 0.1) is 0 Å². The van der Waals surface area contributed by atoms with E-state index >= 15 is 0 Å². The second kappa shape index (κ2) is 4.09. The van der Waals surface area contributed by atoms with Crippen LogP contribution in [0.15, 0.2) is 28.7 Å². The van der Waals surface area contributed by atoms with Crippen molar-refractivity contribution in [3.63, 3.8) is 0 Å². The van der Waals surface area contributed by atoms with Gasteiger partial charge in [-0.05, 0) is 32.0 Å². The van der Waals surface area contributed by atoms with E-state index < -0.39 is 5.54 Å². The maximum absolute atomic E-state index is 11.8. The van der Waals surface area contributed by atoms with E-state index in [4.69, 9.17) is 0 Å². The van der Waals surface area contributed by atoms with Gasteiger partial charge in [-0.1, -0.05) is 22.0 Å². The lowest BCUT2D eigenvalue weighted by atomic mass is 9.98. The number of anilines is 1. The van der Waals surface area contributed by atoms with Crippen LogP contribution in [0.4, 0.5) is 5.69 Å². The summed E-state index contributed by atoms with van der Waals surface area (Å²) < 4.78 is 1.03. The van der Waals surface area contributed by atoms with Crippen LogP contribution < -0.4 is 10.2 Å². The Morgan fingerprint density at radius 2 is 2.19 bits per heavy atom. The molecule has 0 unspecified atom stereocenters. The predicted molar refractivity (Wildman–Crippen MR) is 68.6 cm³/mol. The first-order valence-electron chi connectivity index (χ1n) is 5.33. The number of rotatable bonds is 1. The van der Waals surface area contributed by atoms with E-state index in [0.717, 1.165) is 16.7 Å². The van der Waals surface area contributed by atoms with Gasteiger partial charge in [-0.2, -0.15) is 0 Å². The molecule has 0 aromatic heterocycles. The number of hydrogen-bond acceptors (Lipinski definition) is 2. The summed E-state index contributed by atoms with van der Waals surface area (Å²) in [5, 5.41) is 2.89. The monoisotopic (exact) mass is 282 g/mol. The van der Waals surface area contributed by atoms with E-state index in [1.54, 1.807) is 0 Å². The summed E-state index contributed by atoms with van der Waals surface area (Å²) in [4.78, 5) is 14.0. The van der Waals surface area contributed by atoms with Gasteiger partial charge in [-0.3, -0.25) is 4.79 Å². The number of nitrogens with zero attached hydrogens (tertiary/aromatic N) is 1. The molecule has 1 aromatic rings.